The molecule has 2 fully saturated rings. The number of rotatable bonds is 1. The average molecular weight is 242 g/mol. The normalized spacial score (nSPS) is 32.7. The highest BCUT2D eigenvalue weighted by molar-refractivity contribution is 5.69. The number of aliphatic hydroxyl groups is 1. The Hall–Kier alpha value is -0.810. The number of nitrogens with zero attached hydrogens (tertiary/aromatic N) is 1. The van der Waals surface area contributed by atoms with Crippen molar-refractivity contribution in [2.45, 2.75) is 38.8 Å². The molecule has 0 spiro atoms. The minimum absolute atomic E-state index is 0.129. The molecular weight excluding hydrogens is 220 g/mol. The van der Waals surface area contributed by atoms with E-state index in [9.17, 15) is 9.90 Å². The lowest BCUT2D eigenvalue weighted by Crippen LogP contribution is -2.38. The summed E-state index contributed by atoms with van der Waals surface area (Å²) in [6.07, 6.45) is 0.648. The van der Waals surface area contributed by atoms with Gasteiger partial charge in [0.1, 0.15) is 5.60 Å². The summed E-state index contributed by atoms with van der Waals surface area (Å²) >= 11 is 0. The number of ether oxygens (including phenoxy) is 1. The van der Waals surface area contributed by atoms with Crippen LogP contribution >= 0.6 is 0 Å². The second-order valence-electron chi connectivity index (χ2n) is 6.14. The van der Waals surface area contributed by atoms with E-state index in [0.717, 1.165) is 13.0 Å². The van der Waals surface area contributed by atoms with Gasteiger partial charge in [0.2, 0.25) is 0 Å². The molecule has 5 nitrogen and oxygen atoms in total. The van der Waals surface area contributed by atoms with Crippen LogP contribution < -0.4 is 5.32 Å². The summed E-state index contributed by atoms with van der Waals surface area (Å²) < 4.78 is 5.35. The van der Waals surface area contributed by atoms with Crippen molar-refractivity contribution >= 4 is 6.09 Å². The number of fused-ring (bicyclic) bond motifs is 1. The first-order chi connectivity index (χ1) is 7.86. The molecule has 2 aliphatic heterocycles. The van der Waals surface area contributed by atoms with Gasteiger partial charge in [-0.3, -0.25) is 0 Å². The zero-order valence-corrected chi connectivity index (χ0v) is 10.8. The molecule has 2 heterocycles. The minimum atomic E-state index is -0.464. The fraction of sp³-hybridized carbons (Fsp3) is 0.917. The van der Waals surface area contributed by atoms with Gasteiger partial charge >= 0.3 is 6.09 Å². The van der Waals surface area contributed by atoms with E-state index in [1.165, 1.54) is 0 Å². The molecule has 0 saturated carbocycles. The predicted molar refractivity (Wildman–Crippen MR) is 63.7 cm³/mol. The van der Waals surface area contributed by atoms with Crippen LogP contribution in [-0.4, -0.2) is 54.0 Å². The number of aliphatic hydroxyl groups excluding tert-OH is 1. The number of likely N-dealkylation sites (tertiary alicyclic amines) is 1. The maximum Gasteiger partial charge on any atom is 0.410 e. The smallest absolute Gasteiger partial charge is 0.410 e. The van der Waals surface area contributed by atoms with Gasteiger partial charge in [-0.2, -0.15) is 0 Å². The molecule has 2 aliphatic rings. The number of amides is 1. The topological polar surface area (TPSA) is 61.8 Å². The Kier molecular flexibility index (Phi) is 3.08. The van der Waals surface area contributed by atoms with Gasteiger partial charge in [0.25, 0.3) is 0 Å². The first kappa shape index (κ1) is 12.6. The molecule has 0 aliphatic carbocycles. The van der Waals surface area contributed by atoms with E-state index in [0.29, 0.717) is 13.1 Å². The van der Waals surface area contributed by atoms with Gasteiger partial charge in [0.05, 0.1) is 6.61 Å². The van der Waals surface area contributed by atoms with Gasteiger partial charge < -0.3 is 20.1 Å². The Bertz CT molecular complexity index is 313. The van der Waals surface area contributed by atoms with Gasteiger partial charge in [-0.1, -0.05) is 0 Å². The molecular formula is C12H22N2O3. The zero-order valence-electron chi connectivity index (χ0n) is 10.8. The maximum atomic E-state index is 11.9. The maximum absolute atomic E-state index is 11.9. The van der Waals surface area contributed by atoms with Crippen molar-refractivity contribution in [3.63, 3.8) is 0 Å². The number of carbonyl (C=O) groups is 1. The largest absolute Gasteiger partial charge is 0.444 e. The molecule has 2 rings (SSSR count). The molecule has 2 atom stereocenters. The van der Waals surface area contributed by atoms with Crippen molar-refractivity contribution in [3.05, 3.63) is 0 Å². The lowest BCUT2D eigenvalue weighted by Gasteiger charge is -2.27. The fourth-order valence-corrected chi connectivity index (χ4v) is 2.70. The summed E-state index contributed by atoms with van der Waals surface area (Å²) in [6.45, 7) is 7.87. The number of hydrogen-bond acceptors (Lipinski definition) is 4. The van der Waals surface area contributed by atoms with E-state index in [1.807, 2.05) is 20.8 Å². The van der Waals surface area contributed by atoms with Gasteiger partial charge in [-0.15, -0.1) is 0 Å². The summed E-state index contributed by atoms with van der Waals surface area (Å²) in [5, 5.41) is 12.9. The molecule has 98 valence electrons. The number of carbonyl (C=O) groups excluding carboxylic acids is 1. The second-order valence-corrected chi connectivity index (χ2v) is 6.14. The van der Waals surface area contributed by atoms with Crippen LogP contribution in [-0.2, 0) is 4.74 Å². The molecule has 2 N–H and O–H groups in total. The van der Waals surface area contributed by atoms with Crippen molar-refractivity contribution in [1.82, 2.24) is 10.2 Å². The van der Waals surface area contributed by atoms with Crippen LogP contribution in [0.1, 0.15) is 27.2 Å². The van der Waals surface area contributed by atoms with E-state index in [2.05, 4.69) is 5.32 Å². The molecule has 0 aromatic rings. The van der Waals surface area contributed by atoms with Gasteiger partial charge in [-0.25, -0.2) is 4.79 Å². The van der Waals surface area contributed by atoms with Crippen LogP contribution in [0.15, 0.2) is 0 Å². The lowest BCUT2D eigenvalue weighted by molar-refractivity contribution is 0.0253. The van der Waals surface area contributed by atoms with Crippen LogP contribution in [0, 0.1) is 5.41 Å². The van der Waals surface area contributed by atoms with Gasteiger partial charge in [0.15, 0.2) is 0 Å². The fourth-order valence-electron chi connectivity index (χ4n) is 2.70. The van der Waals surface area contributed by atoms with Crippen LogP contribution in [0.3, 0.4) is 0 Å². The first-order valence-corrected chi connectivity index (χ1v) is 6.18. The van der Waals surface area contributed by atoms with Crippen LogP contribution in [0.2, 0.25) is 0 Å². The van der Waals surface area contributed by atoms with E-state index >= 15 is 0 Å². The van der Waals surface area contributed by atoms with Crippen LogP contribution in [0.4, 0.5) is 4.79 Å². The first-order valence-electron chi connectivity index (χ1n) is 6.18. The Labute approximate surface area is 102 Å². The lowest BCUT2D eigenvalue weighted by atomic mass is 9.84. The monoisotopic (exact) mass is 242 g/mol. The van der Waals surface area contributed by atoms with Gasteiger partial charge in [0, 0.05) is 24.5 Å². The molecule has 2 saturated heterocycles. The minimum Gasteiger partial charge on any atom is -0.444 e. The zero-order chi connectivity index (χ0) is 12.7. The van der Waals surface area contributed by atoms with Gasteiger partial charge in [-0.05, 0) is 33.7 Å². The molecule has 0 radical (unpaired) electrons. The average Bonchev–Trinajstić information content (AvgIpc) is 2.70. The Morgan fingerprint density at radius 3 is 2.82 bits per heavy atom. The van der Waals surface area contributed by atoms with E-state index < -0.39 is 5.60 Å². The SMILES string of the molecule is CC(C)(C)OC(=O)N1C[C@H]2NCC[C@@]2(CO)C1. The molecule has 17 heavy (non-hydrogen) atoms. The Morgan fingerprint density at radius 2 is 2.29 bits per heavy atom. The molecule has 0 aromatic heterocycles. The summed E-state index contributed by atoms with van der Waals surface area (Å²) in [4.78, 5) is 13.7. The highest BCUT2D eigenvalue weighted by Crippen LogP contribution is 2.37. The van der Waals surface area contributed by atoms with E-state index in [-0.39, 0.29) is 24.2 Å². The molecule has 0 unspecified atom stereocenters. The third-order valence-corrected chi connectivity index (χ3v) is 3.63. The molecule has 0 aromatic carbocycles. The van der Waals surface area contributed by atoms with Crippen molar-refractivity contribution < 1.29 is 14.6 Å². The van der Waals surface area contributed by atoms with Crippen molar-refractivity contribution in [1.29, 1.82) is 0 Å². The third-order valence-electron chi connectivity index (χ3n) is 3.63. The molecule has 1 amide bonds. The molecule has 5 heteroatoms. The predicted octanol–water partition coefficient (Wildman–Crippen LogP) is 0.578. The summed E-state index contributed by atoms with van der Waals surface area (Å²) in [5.74, 6) is 0. The number of nitrogens with one attached hydrogen (secondary N) is 1. The van der Waals surface area contributed by atoms with Crippen molar-refractivity contribution in [3.8, 4) is 0 Å². The van der Waals surface area contributed by atoms with Crippen LogP contribution in [0.25, 0.3) is 0 Å². The quantitative estimate of drug-likeness (QED) is 0.706. The summed E-state index contributed by atoms with van der Waals surface area (Å²) in [6, 6.07) is 0.208. The van der Waals surface area contributed by atoms with E-state index in [4.69, 9.17) is 4.74 Å². The summed E-state index contributed by atoms with van der Waals surface area (Å²) in [5.41, 5.74) is -0.620. The Morgan fingerprint density at radius 1 is 1.59 bits per heavy atom. The number of hydrogen-bond donors (Lipinski definition) is 2. The second kappa shape index (κ2) is 4.14. The third kappa shape index (κ3) is 2.40. The Balaban J connectivity index is 2.00. The highest BCUT2D eigenvalue weighted by atomic mass is 16.6. The van der Waals surface area contributed by atoms with Crippen molar-refractivity contribution in [2.24, 2.45) is 5.41 Å². The molecule has 0 bridgehead atoms. The standard InChI is InChI=1S/C12H22N2O3/c1-11(2,3)17-10(16)14-6-9-12(7-14,8-15)4-5-13-9/h9,13,15H,4-8H2,1-3H3/t9-,12+/m1/s1. The highest BCUT2D eigenvalue weighted by Gasteiger charge is 2.51. The van der Waals surface area contributed by atoms with Crippen LogP contribution in [0.5, 0.6) is 0 Å². The van der Waals surface area contributed by atoms with E-state index in [1.54, 1.807) is 4.90 Å². The summed E-state index contributed by atoms with van der Waals surface area (Å²) in [7, 11) is 0. The van der Waals surface area contributed by atoms with Crippen molar-refractivity contribution in [2.75, 3.05) is 26.2 Å².